The maximum Gasteiger partial charge on any atom is 0.494 e. The van der Waals surface area contributed by atoms with Crippen molar-refractivity contribution >= 4 is 62.1 Å². The predicted octanol–water partition coefficient (Wildman–Crippen LogP) is 7.73. The largest absolute Gasteiger partial charge is 0.494 e. The van der Waals surface area contributed by atoms with Crippen LogP contribution in [0.25, 0.3) is 55.6 Å². The normalized spacial score (nSPS) is 17.8. The second-order valence-corrected chi connectivity index (χ2v) is 21.3. The molecule has 2 aliphatic carbocycles. The highest BCUT2D eigenvalue weighted by molar-refractivity contribution is 9.10. The molecular formula is C52H66BBrN14O4. The summed E-state index contributed by atoms with van der Waals surface area (Å²) in [5, 5.41) is 20.2. The van der Waals surface area contributed by atoms with Gasteiger partial charge in [-0.25, -0.2) is 9.97 Å². The Bertz CT molecular complexity index is 3370. The highest BCUT2D eigenvalue weighted by Gasteiger charge is 2.52. The van der Waals surface area contributed by atoms with E-state index in [0.717, 1.165) is 102 Å². The monoisotopic (exact) mass is 1040 g/mol. The summed E-state index contributed by atoms with van der Waals surface area (Å²) < 4.78 is 24.9. The maximum atomic E-state index is 12.3. The summed E-state index contributed by atoms with van der Waals surface area (Å²) in [4.78, 5) is 37.1. The Morgan fingerprint density at radius 3 is 1.57 bits per heavy atom. The van der Waals surface area contributed by atoms with Gasteiger partial charge in [0.1, 0.15) is 40.7 Å². The first-order chi connectivity index (χ1) is 33.3. The summed E-state index contributed by atoms with van der Waals surface area (Å²) >= 11 is 3.48. The van der Waals surface area contributed by atoms with Gasteiger partial charge in [0.15, 0.2) is 0 Å². The minimum Gasteiger partial charge on any atom is -0.399 e. The van der Waals surface area contributed by atoms with Crippen molar-refractivity contribution in [3.8, 4) is 33.8 Å². The van der Waals surface area contributed by atoms with Crippen molar-refractivity contribution in [1.82, 2.24) is 68.0 Å². The molecule has 3 aliphatic heterocycles. The molecule has 6 aromatic heterocycles. The van der Waals surface area contributed by atoms with Crippen molar-refractivity contribution < 1.29 is 18.9 Å². The number of fused-ring (bicyclic) bond motifs is 4. The molecule has 20 heteroatoms. The van der Waals surface area contributed by atoms with Gasteiger partial charge in [-0.05, 0) is 93.0 Å². The third kappa shape index (κ3) is 8.99. The molecule has 1 saturated heterocycles. The van der Waals surface area contributed by atoms with Crippen molar-refractivity contribution in [2.45, 2.75) is 117 Å². The first-order valence-electron chi connectivity index (χ1n) is 23.9. The first-order valence-corrected chi connectivity index (χ1v) is 24.7. The minimum absolute atomic E-state index is 0. The first kappa shape index (κ1) is 50.6. The van der Waals surface area contributed by atoms with E-state index in [-0.39, 0.29) is 45.0 Å². The van der Waals surface area contributed by atoms with E-state index in [1.807, 2.05) is 76.4 Å². The summed E-state index contributed by atoms with van der Waals surface area (Å²) in [6, 6.07) is 12.7. The molecular weight excluding hydrogens is 975 g/mol. The van der Waals surface area contributed by atoms with E-state index in [0.29, 0.717) is 38.0 Å². The zero-order valence-electron chi connectivity index (χ0n) is 41.4. The fourth-order valence-electron chi connectivity index (χ4n) is 9.65. The fraction of sp³-hybridized carbons (Fsp3) is 0.462. The Hall–Kier alpha value is -6.38. The van der Waals surface area contributed by atoms with Gasteiger partial charge in [-0.15, -0.1) is 0 Å². The van der Waals surface area contributed by atoms with Gasteiger partial charge in [-0.3, -0.25) is 28.3 Å². The number of aromatic nitrogens is 12. The SMILES string of the molecule is C.C.CN1Cc2c(-c3ccc4c(c3)c(-c3cnn(C)c3)nn4C)nc(C3CC3)n2CC1=O.CN1Cc2c(Br)nc(C3CC3)n2CC1=O.Cn1cc(-c2nn(C)c3ccc(B4OC(C)(C)C(C)(C)O4)cc23)cn1. The van der Waals surface area contributed by atoms with Crippen molar-refractivity contribution in [1.29, 1.82) is 0 Å². The molecule has 378 valence electrons. The van der Waals surface area contributed by atoms with E-state index in [9.17, 15) is 9.59 Å². The van der Waals surface area contributed by atoms with Crippen molar-refractivity contribution in [3.63, 3.8) is 0 Å². The van der Waals surface area contributed by atoms with Gasteiger partial charge in [0, 0.05) is 94.0 Å². The fourth-order valence-corrected chi connectivity index (χ4v) is 10.2. The van der Waals surface area contributed by atoms with Crippen LogP contribution < -0.4 is 5.46 Å². The van der Waals surface area contributed by atoms with E-state index in [2.05, 4.69) is 109 Å². The number of imidazole rings is 2. The Kier molecular flexibility index (Phi) is 13.1. The second kappa shape index (κ2) is 18.6. The number of hydrogen-bond acceptors (Lipinski definition) is 10. The second-order valence-electron chi connectivity index (χ2n) is 20.5. The van der Waals surface area contributed by atoms with Gasteiger partial charge in [-0.2, -0.15) is 20.4 Å². The van der Waals surface area contributed by atoms with Crippen LogP contribution in [0.4, 0.5) is 0 Å². The smallest absolute Gasteiger partial charge is 0.399 e. The van der Waals surface area contributed by atoms with Gasteiger partial charge < -0.3 is 28.2 Å². The Balaban J connectivity index is 0.000000138. The highest BCUT2D eigenvalue weighted by Crippen LogP contribution is 2.44. The van der Waals surface area contributed by atoms with Crippen LogP contribution in [0.2, 0.25) is 0 Å². The molecule has 9 heterocycles. The predicted molar refractivity (Wildman–Crippen MR) is 283 cm³/mol. The van der Waals surface area contributed by atoms with E-state index in [4.69, 9.17) is 19.4 Å². The van der Waals surface area contributed by atoms with Crippen LogP contribution in [0.5, 0.6) is 0 Å². The molecule has 0 radical (unpaired) electrons. The molecule has 0 N–H and O–H groups in total. The van der Waals surface area contributed by atoms with Gasteiger partial charge in [0.05, 0.1) is 64.8 Å². The average molecular weight is 1040 g/mol. The lowest BCUT2D eigenvalue weighted by Gasteiger charge is -2.32. The molecule has 0 bridgehead atoms. The van der Waals surface area contributed by atoms with Crippen LogP contribution in [-0.2, 0) is 73.3 Å². The lowest BCUT2D eigenvalue weighted by atomic mass is 9.78. The standard InChI is InChI=1S/C22H23N7O.C18H23BN4O2.C10H12BrN3O.2CH4/c1-26-11-18-21(24-22(13-4-5-13)29(18)12-19(26)30)14-6-7-17-16(8-14)20(25-28(17)3)15-9-23-27(2)10-15;1-17(2)18(3,4)25-19(24-17)13-7-8-15-14(9-13)16(21-23(15)6)12-10-20-22(5)11-12;1-13-4-7-9(11)12-10(6-2-3-6)14(7)5-8(13)15;;/h6-10,13H,4-5,11-12H2,1-3H3;7-11H,1-6H3;6H,2-5H2,1H3;2*1H4. The molecule has 3 fully saturated rings. The Morgan fingerprint density at radius 2 is 1.07 bits per heavy atom. The Morgan fingerprint density at radius 1 is 0.597 bits per heavy atom. The zero-order chi connectivity index (χ0) is 49.1. The van der Waals surface area contributed by atoms with Crippen molar-refractivity contribution in [3.05, 3.63) is 88.8 Å². The number of benzene rings is 2. The summed E-state index contributed by atoms with van der Waals surface area (Å²) in [5.41, 5.74) is 10.6. The average Bonchev–Trinajstić information content (AvgIpc) is 4.05. The molecule has 0 unspecified atom stereocenters. The van der Waals surface area contributed by atoms with Gasteiger partial charge >= 0.3 is 7.12 Å². The molecule has 13 rings (SSSR count). The Labute approximate surface area is 429 Å². The zero-order valence-corrected chi connectivity index (χ0v) is 43.0. The number of amides is 2. The number of carbonyl (C=O) groups excluding carboxylic acids is 2. The summed E-state index contributed by atoms with van der Waals surface area (Å²) in [6.07, 6.45) is 12.4. The van der Waals surface area contributed by atoms with E-state index in [1.54, 1.807) is 19.2 Å². The number of rotatable bonds is 6. The molecule has 72 heavy (non-hydrogen) atoms. The van der Waals surface area contributed by atoms with Gasteiger partial charge in [0.25, 0.3) is 0 Å². The number of hydrogen-bond donors (Lipinski definition) is 0. The maximum absolute atomic E-state index is 12.3. The van der Waals surface area contributed by atoms with Crippen molar-refractivity contribution in [2.75, 3.05) is 14.1 Å². The number of nitrogens with zero attached hydrogens (tertiary/aromatic N) is 14. The highest BCUT2D eigenvalue weighted by atomic mass is 79.9. The van der Waals surface area contributed by atoms with Gasteiger partial charge in [-0.1, -0.05) is 33.1 Å². The lowest BCUT2D eigenvalue weighted by molar-refractivity contribution is -0.133. The molecule has 18 nitrogen and oxygen atoms in total. The van der Waals surface area contributed by atoms with Crippen LogP contribution in [-0.4, -0.2) is 112 Å². The van der Waals surface area contributed by atoms with Crippen molar-refractivity contribution in [2.24, 2.45) is 28.2 Å². The number of aryl methyl sites for hydroxylation is 4. The number of carbonyl (C=O) groups is 2. The topological polar surface area (TPSA) is 166 Å². The molecule has 5 aliphatic rings. The van der Waals surface area contributed by atoms with Crippen LogP contribution in [0.3, 0.4) is 0 Å². The summed E-state index contributed by atoms with van der Waals surface area (Å²) in [5.74, 6) is 3.57. The molecule has 2 aromatic carbocycles. The quantitative estimate of drug-likeness (QED) is 0.151. The molecule has 8 aromatic rings. The summed E-state index contributed by atoms with van der Waals surface area (Å²) in [7, 11) is 11.1. The molecule has 2 saturated carbocycles. The lowest BCUT2D eigenvalue weighted by Crippen LogP contribution is -2.41. The van der Waals surface area contributed by atoms with E-state index < -0.39 is 0 Å². The minimum atomic E-state index is -0.378. The third-order valence-corrected chi connectivity index (χ3v) is 15.4. The van der Waals surface area contributed by atoms with Crippen LogP contribution in [0.1, 0.15) is 103 Å². The van der Waals surface area contributed by atoms with Crippen LogP contribution >= 0.6 is 15.9 Å². The van der Waals surface area contributed by atoms with E-state index in [1.165, 1.54) is 12.8 Å². The summed E-state index contributed by atoms with van der Waals surface area (Å²) in [6.45, 7) is 10.4. The number of halogens is 1. The molecule has 0 spiro atoms. The van der Waals surface area contributed by atoms with Crippen LogP contribution in [0, 0.1) is 0 Å². The molecule has 0 atom stereocenters. The van der Waals surface area contributed by atoms with E-state index >= 15 is 0 Å². The van der Waals surface area contributed by atoms with Gasteiger partial charge in [0.2, 0.25) is 11.8 Å². The van der Waals surface area contributed by atoms with Crippen LogP contribution in [0.15, 0.2) is 65.8 Å². The third-order valence-electron chi connectivity index (χ3n) is 14.7. The number of likely N-dealkylation sites (N-methyl/N-ethyl adjacent to an activating group) is 2. The molecule has 2 amide bonds.